The molecule has 0 radical (unpaired) electrons. The highest BCUT2D eigenvalue weighted by atomic mass is 32.1. The molecule has 1 atom stereocenters. The number of nitrogens with zero attached hydrogens (tertiary/aromatic N) is 1. The van der Waals surface area contributed by atoms with Crippen LogP contribution in [0.4, 0.5) is 0 Å². The van der Waals surface area contributed by atoms with Crippen LogP contribution in [0.2, 0.25) is 0 Å². The van der Waals surface area contributed by atoms with Gasteiger partial charge in [-0.25, -0.2) is 0 Å². The van der Waals surface area contributed by atoms with Crippen LogP contribution in [0.15, 0.2) is 35.7 Å². The molecule has 2 aromatic rings. The van der Waals surface area contributed by atoms with E-state index >= 15 is 0 Å². The lowest BCUT2D eigenvalue weighted by molar-refractivity contribution is -0.133. The van der Waals surface area contributed by atoms with Gasteiger partial charge < -0.3 is 10.2 Å². The Morgan fingerprint density at radius 2 is 1.80 bits per heavy atom. The summed E-state index contributed by atoms with van der Waals surface area (Å²) in [4.78, 5) is 28.4. The summed E-state index contributed by atoms with van der Waals surface area (Å²) in [6.07, 6.45) is 0. The molecule has 0 aliphatic rings. The fraction of sp³-hybridized carbons (Fsp3) is 0.400. The van der Waals surface area contributed by atoms with Gasteiger partial charge in [0.2, 0.25) is 5.91 Å². The van der Waals surface area contributed by atoms with Crippen molar-refractivity contribution in [1.82, 2.24) is 10.2 Å². The van der Waals surface area contributed by atoms with Gasteiger partial charge >= 0.3 is 0 Å². The van der Waals surface area contributed by atoms with E-state index in [0.717, 1.165) is 5.56 Å². The van der Waals surface area contributed by atoms with Crippen LogP contribution >= 0.6 is 11.3 Å². The Bertz CT molecular complexity index is 752. The highest BCUT2D eigenvalue weighted by Crippen LogP contribution is 2.18. The second-order valence-electron chi connectivity index (χ2n) is 6.73. The van der Waals surface area contributed by atoms with Crippen LogP contribution in [-0.2, 0) is 11.3 Å². The van der Waals surface area contributed by atoms with Crippen LogP contribution in [0.25, 0.3) is 0 Å². The summed E-state index contributed by atoms with van der Waals surface area (Å²) >= 11 is 1.65. The van der Waals surface area contributed by atoms with Crippen molar-refractivity contribution in [2.75, 3.05) is 7.05 Å². The molecular formula is C20H26N2O2S. The average Bonchev–Trinajstić information content (AvgIpc) is 2.96. The van der Waals surface area contributed by atoms with Crippen molar-refractivity contribution in [3.63, 3.8) is 0 Å². The molecule has 4 nitrogen and oxygen atoms in total. The first-order valence-corrected chi connectivity index (χ1v) is 9.33. The number of likely N-dealkylation sites (N-methyl/N-ethyl adjacent to an activating group) is 1. The smallest absolute Gasteiger partial charge is 0.252 e. The number of benzene rings is 1. The molecule has 1 unspecified atom stereocenters. The summed E-state index contributed by atoms with van der Waals surface area (Å²) in [5.41, 5.74) is 2.70. The number of rotatable bonds is 6. The van der Waals surface area contributed by atoms with Gasteiger partial charge in [0, 0.05) is 17.5 Å². The van der Waals surface area contributed by atoms with Gasteiger partial charge in [-0.15, -0.1) is 11.3 Å². The molecule has 0 aliphatic heterocycles. The molecule has 0 saturated carbocycles. The Balaban J connectivity index is 2.11. The van der Waals surface area contributed by atoms with E-state index in [1.807, 2.05) is 51.3 Å². The summed E-state index contributed by atoms with van der Waals surface area (Å²) in [7, 11) is 1.79. The van der Waals surface area contributed by atoms with Gasteiger partial charge in [-0.2, -0.15) is 0 Å². The van der Waals surface area contributed by atoms with Crippen molar-refractivity contribution in [2.45, 2.75) is 40.3 Å². The van der Waals surface area contributed by atoms with Crippen LogP contribution in [0.1, 0.15) is 40.2 Å². The van der Waals surface area contributed by atoms with E-state index in [1.165, 1.54) is 10.4 Å². The Morgan fingerprint density at radius 1 is 1.12 bits per heavy atom. The molecule has 2 rings (SSSR count). The second-order valence-corrected chi connectivity index (χ2v) is 7.73. The Morgan fingerprint density at radius 3 is 2.36 bits per heavy atom. The number of thiophene rings is 1. The Kier molecular flexibility index (Phi) is 6.37. The molecule has 5 heteroatoms. The average molecular weight is 359 g/mol. The van der Waals surface area contributed by atoms with Gasteiger partial charge in [-0.3, -0.25) is 9.59 Å². The van der Waals surface area contributed by atoms with E-state index in [2.05, 4.69) is 11.4 Å². The van der Waals surface area contributed by atoms with Crippen molar-refractivity contribution < 1.29 is 9.59 Å². The lowest BCUT2D eigenvalue weighted by Crippen LogP contribution is -2.50. The predicted molar refractivity (Wildman–Crippen MR) is 103 cm³/mol. The zero-order valence-corrected chi connectivity index (χ0v) is 16.3. The van der Waals surface area contributed by atoms with Gasteiger partial charge in [0.25, 0.3) is 5.91 Å². The molecule has 2 amide bonds. The number of hydrogen-bond donors (Lipinski definition) is 1. The molecule has 0 spiro atoms. The second kappa shape index (κ2) is 8.30. The minimum atomic E-state index is -0.544. The van der Waals surface area contributed by atoms with Gasteiger partial charge in [0.05, 0.1) is 6.54 Å². The maximum absolute atomic E-state index is 12.9. The number of hydrogen-bond acceptors (Lipinski definition) is 3. The molecule has 0 bridgehead atoms. The van der Waals surface area contributed by atoms with Crippen LogP contribution in [-0.4, -0.2) is 29.8 Å². The number of nitrogens with one attached hydrogen (secondary N) is 1. The first kappa shape index (κ1) is 19.2. The SMILES string of the molecule is Cc1ccccc1C(=O)NC(C(=O)N(C)Cc1sccc1C)C(C)C. The third-order valence-electron chi connectivity index (χ3n) is 4.33. The standard InChI is InChI=1S/C20H26N2O2S/c1-13(2)18(21-19(23)16-9-7-6-8-14(16)3)20(24)22(5)12-17-15(4)10-11-25-17/h6-11,13,18H,12H2,1-5H3,(H,21,23). The van der Waals surface area contributed by atoms with E-state index in [1.54, 1.807) is 29.4 Å². The van der Waals surface area contributed by atoms with Gasteiger partial charge in [-0.1, -0.05) is 32.0 Å². The molecule has 0 fully saturated rings. The quantitative estimate of drug-likeness (QED) is 0.854. The molecule has 1 N–H and O–H groups in total. The summed E-state index contributed by atoms with van der Waals surface area (Å²) in [6.45, 7) is 8.40. The lowest BCUT2D eigenvalue weighted by Gasteiger charge is -2.27. The van der Waals surface area contributed by atoms with Crippen molar-refractivity contribution in [3.8, 4) is 0 Å². The molecule has 0 saturated heterocycles. The fourth-order valence-electron chi connectivity index (χ4n) is 2.66. The van der Waals surface area contributed by atoms with Crippen LogP contribution in [0.3, 0.4) is 0 Å². The molecule has 134 valence electrons. The minimum absolute atomic E-state index is 0.00681. The maximum atomic E-state index is 12.9. The van der Waals surface area contributed by atoms with E-state index in [-0.39, 0.29) is 17.7 Å². The number of aryl methyl sites for hydroxylation is 2. The monoisotopic (exact) mass is 358 g/mol. The number of carbonyl (C=O) groups is 2. The third kappa shape index (κ3) is 4.69. The highest BCUT2D eigenvalue weighted by Gasteiger charge is 2.28. The molecule has 0 aliphatic carbocycles. The zero-order chi connectivity index (χ0) is 18.6. The number of amides is 2. The number of carbonyl (C=O) groups excluding carboxylic acids is 2. The van der Waals surface area contributed by atoms with Crippen molar-refractivity contribution in [2.24, 2.45) is 5.92 Å². The van der Waals surface area contributed by atoms with Crippen LogP contribution in [0.5, 0.6) is 0 Å². The van der Waals surface area contributed by atoms with Crippen LogP contribution in [0, 0.1) is 19.8 Å². The maximum Gasteiger partial charge on any atom is 0.252 e. The van der Waals surface area contributed by atoms with E-state index < -0.39 is 6.04 Å². The first-order valence-electron chi connectivity index (χ1n) is 8.45. The van der Waals surface area contributed by atoms with Gasteiger partial charge in [0.15, 0.2) is 0 Å². The van der Waals surface area contributed by atoms with E-state index in [9.17, 15) is 9.59 Å². The third-order valence-corrected chi connectivity index (χ3v) is 5.34. The largest absolute Gasteiger partial charge is 0.340 e. The summed E-state index contributed by atoms with van der Waals surface area (Å²) in [5.74, 6) is -0.261. The van der Waals surface area contributed by atoms with E-state index in [4.69, 9.17) is 0 Å². The minimum Gasteiger partial charge on any atom is -0.340 e. The van der Waals surface area contributed by atoms with Crippen molar-refractivity contribution in [1.29, 1.82) is 0 Å². The zero-order valence-electron chi connectivity index (χ0n) is 15.5. The molecule has 1 aromatic carbocycles. The molecular weight excluding hydrogens is 332 g/mol. The predicted octanol–water partition coefficient (Wildman–Crippen LogP) is 3.78. The van der Waals surface area contributed by atoms with Crippen molar-refractivity contribution >= 4 is 23.2 Å². The first-order chi connectivity index (χ1) is 11.8. The van der Waals surface area contributed by atoms with Gasteiger partial charge in [-0.05, 0) is 48.4 Å². The van der Waals surface area contributed by atoms with Crippen molar-refractivity contribution in [3.05, 3.63) is 57.3 Å². The summed E-state index contributed by atoms with van der Waals surface area (Å²) < 4.78 is 0. The molecule has 1 aromatic heterocycles. The van der Waals surface area contributed by atoms with Gasteiger partial charge in [0.1, 0.15) is 6.04 Å². The lowest BCUT2D eigenvalue weighted by atomic mass is 10.0. The normalized spacial score (nSPS) is 12.1. The summed E-state index contributed by atoms with van der Waals surface area (Å²) in [6, 6.07) is 8.92. The van der Waals surface area contributed by atoms with Crippen LogP contribution < -0.4 is 5.32 Å². The Labute approximate surface area is 153 Å². The topological polar surface area (TPSA) is 49.4 Å². The fourth-order valence-corrected chi connectivity index (χ4v) is 3.62. The highest BCUT2D eigenvalue weighted by molar-refractivity contribution is 7.10. The van der Waals surface area contributed by atoms with E-state index in [0.29, 0.717) is 12.1 Å². The molecule has 1 heterocycles. The Hall–Kier alpha value is -2.14. The molecule has 25 heavy (non-hydrogen) atoms. The summed E-state index contributed by atoms with van der Waals surface area (Å²) in [5, 5.41) is 4.95.